The Balaban J connectivity index is 2.41. The summed E-state index contributed by atoms with van der Waals surface area (Å²) in [5, 5.41) is 4.21. The second kappa shape index (κ2) is 6.28. The zero-order chi connectivity index (χ0) is 11.3. The van der Waals surface area contributed by atoms with Crippen LogP contribution in [0.2, 0.25) is 0 Å². The van der Waals surface area contributed by atoms with Crippen molar-refractivity contribution in [1.29, 1.82) is 0 Å². The van der Waals surface area contributed by atoms with Crippen LogP contribution in [0.15, 0.2) is 0 Å². The number of hydrogen-bond acceptors (Lipinski definition) is 2. The third-order valence-electron chi connectivity index (χ3n) is 2.62. The van der Waals surface area contributed by atoms with Crippen LogP contribution in [0.4, 0.5) is 0 Å². The van der Waals surface area contributed by atoms with Crippen molar-refractivity contribution in [3.8, 4) is 0 Å². The van der Waals surface area contributed by atoms with Crippen LogP contribution in [-0.4, -0.2) is 42.4 Å². The van der Waals surface area contributed by atoms with Crippen LogP contribution in [0, 0.1) is 5.92 Å². The Hall–Kier alpha value is -0.350. The molecule has 1 atom stereocenters. The van der Waals surface area contributed by atoms with Crippen molar-refractivity contribution in [2.24, 2.45) is 5.92 Å². The molecule has 4 heteroatoms. The van der Waals surface area contributed by atoms with E-state index in [0.29, 0.717) is 12.0 Å². The van der Waals surface area contributed by atoms with Crippen LogP contribution in [0.5, 0.6) is 0 Å². The molecule has 0 aliphatic carbocycles. The Morgan fingerprint density at radius 3 is 2.93 bits per heavy atom. The minimum atomic E-state index is 0.450. The minimum Gasteiger partial charge on any atom is -0.377 e. The summed E-state index contributed by atoms with van der Waals surface area (Å²) in [6.07, 6.45) is 1.09. The number of nitrogens with zero attached hydrogens (tertiary/aromatic N) is 1. The zero-order valence-electron chi connectivity index (χ0n) is 9.95. The second-order valence-corrected chi connectivity index (χ2v) is 4.80. The van der Waals surface area contributed by atoms with Gasteiger partial charge in [-0.2, -0.15) is 0 Å². The Kier molecular flexibility index (Phi) is 5.32. The lowest BCUT2D eigenvalue weighted by Crippen LogP contribution is -2.52. The monoisotopic (exact) mass is 230 g/mol. The minimum absolute atomic E-state index is 0.450. The standard InChI is InChI=1S/C11H22N2OS/c1-4-10-8-14-6-5-13(10)11(15)12-7-9(2)3/h9-10H,4-8H2,1-3H3,(H,12,15). The molecule has 1 unspecified atom stereocenters. The first-order valence-corrected chi connectivity index (χ1v) is 6.18. The summed E-state index contributed by atoms with van der Waals surface area (Å²) < 4.78 is 5.45. The molecule has 1 heterocycles. The van der Waals surface area contributed by atoms with E-state index in [1.165, 1.54) is 0 Å². The van der Waals surface area contributed by atoms with Crippen molar-refractivity contribution in [3.63, 3.8) is 0 Å². The van der Waals surface area contributed by atoms with Gasteiger partial charge in [-0.15, -0.1) is 0 Å². The Morgan fingerprint density at radius 2 is 2.33 bits per heavy atom. The molecule has 1 saturated heterocycles. The molecule has 0 spiro atoms. The van der Waals surface area contributed by atoms with Crippen molar-refractivity contribution in [2.75, 3.05) is 26.3 Å². The van der Waals surface area contributed by atoms with Gasteiger partial charge in [-0.1, -0.05) is 20.8 Å². The van der Waals surface area contributed by atoms with Crippen LogP contribution >= 0.6 is 12.2 Å². The first-order chi connectivity index (χ1) is 7.15. The maximum atomic E-state index is 5.45. The van der Waals surface area contributed by atoms with E-state index in [-0.39, 0.29) is 0 Å². The quantitative estimate of drug-likeness (QED) is 0.745. The lowest BCUT2D eigenvalue weighted by atomic mass is 10.2. The van der Waals surface area contributed by atoms with Crippen LogP contribution in [0.25, 0.3) is 0 Å². The van der Waals surface area contributed by atoms with E-state index in [2.05, 4.69) is 31.0 Å². The number of rotatable bonds is 3. The molecule has 0 radical (unpaired) electrons. The summed E-state index contributed by atoms with van der Waals surface area (Å²) in [6.45, 7) is 10.0. The SMILES string of the molecule is CCC1COCCN1C(=S)NCC(C)C. The zero-order valence-corrected chi connectivity index (χ0v) is 10.8. The van der Waals surface area contributed by atoms with E-state index in [1.54, 1.807) is 0 Å². The molecule has 0 bridgehead atoms. The first-order valence-electron chi connectivity index (χ1n) is 5.77. The van der Waals surface area contributed by atoms with Crippen molar-refractivity contribution >= 4 is 17.3 Å². The van der Waals surface area contributed by atoms with Crippen LogP contribution in [-0.2, 0) is 4.74 Å². The van der Waals surface area contributed by atoms with Gasteiger partial charge in [0.1, 0.15) is 0 Å². The molecule has 1 aliphatic heterocycles. The van der Waals surface area contributed by atoms with Crippen molar-refractivity contribution < 1.29 is 4.74 Å². The average Bonchev–Trinajstić information content (AvgIpc) is 2.25. The van der Waals surface area contributed by atoms with Gasteiger partial charge in [0.05, 0.1) is 19.3 Å². The van der Waals surface area contributed by atoms with Gasteiger partial charge < -0.3 is 15.0 Å². The molecule has 15 heavy (non-hydrogen) atoms. The fraction of sp³-hybridized carbons (Fsp3) is 0.909. The van der Waals surface area contributed by atoms with Crippen molar-refractivity contribution in [1.82, 2.24) is 10.2 Å². The van der Waals surface area contributed by atoms with E-state index in [1.807, 2.05) is 0 Å². The molecule has 1 N–H and O–H groups in total. The van der Waals surface area contributed by atoms with Gasteiger partial charge in [0.15, 0.2) is 5.11 Å². The molecule has 1 fully saturated rings. The first kappa shape index (κ1) is 12.7. The maximum absolute atomic E-state index is 5.45. The van der Waals surface area contributed by atoms with Gasteiger partial charge >= 0.3 is 0 Å². The van der Waals surface area contributed by atoms with Crippen molar-refractivity contribution in [2.45, 2.75) is 33.2 Å². The highest BCUT2D eigenvalue weighted by Gasteiger charge is 2.23. The number of hydrogen-bond donors (Lipinski definition) is 1. The summed E-state index contributed by atoms with van der Waals surface area (Å²) in [7, 11) is 0. The van der Waals surface area contributed by atoms with E-state index >= 15 is 0 Å². The fourth-order valence-electron chi connectivity index (χ4n) is 1.65. The fourth-order valence-corrected chi connectivity index (χ4v) is 1.98. The summed E-state index contributed by atoms with van der Waals surface area (Å²) in [6, 6.07) is 0.450. The Bertz CT molecular complexity index is 209. The predicted molar refractivity (Wildman–Crippen MR) is 67.0 cm³/mol. The third-order valence-corrected chi connectivity index (χ3v) is 3.00. The second-order valence-electron chi connectivity index (χ2n) is 4.41. The van der Waals surface area contributed by atoms with E-state index in [4.69, 9.17) is 17.0 Å². The molecule has 88 valence electrons. The molecule has 0 saturated carbocycles. The Labute approximate surface area is 98.2 Å². The third kappa shape index (κ3) is 3.95. The summed E-state index contributed by atoms with van der Waals surface area (Å²) in [4.78, 5) is 2.27. The molecule has 1 rings (SSSR count). The van der Waals surface area contributed by atoms with Gasteiger partial charge in [0.25, 0.3) is 0 Å². The maximum Gasteiger partial charge on any atom is 0.169 e. The highest BCUT2D eigenvalue weighted by molar-refractivity contribution is 7.80. The number of nitrogens with one attached hydrogen (secondary N) is 1. The van der Waals surface area contributed by atoms with Crippen LogP contribution in [0.1, 0.15) is 27.2 Å². The largest absolute Gasteiger partial charge is 0.377 e. The number of ether oxygens (including phenoxy) is 1. The normalized spacial score (nSPS) is 21.9. The molecule has 1 aliphatic rings. The highest BCUT2D eigenvalue weighted by Crippen LogP contribution is 2.10. The molecule has 0 aromatic heterocycles. The molecule has 0 amide bonds. The van der Waals surface area contributed by atoms with Gasteiger partial charge in [0.2, 0.25) is 0 Å². The molecular formula is C11H22N2OS. The highest BCUT2D eigenvalue weighted by atomic mass is 32.1. The average molecular weight is 230 g/mol. The number of thiocarbonyl (C=S) groups is 1. The summed E-state index contributed by atoms with van der Waals surface area (Å²) >= 11 is 5.40. The van der Waals surface area contributed by atoms with E-state index in [0.717, 1.165) is 37.8 Å². The lowest BCUT2D eigenvalue weighted by Gasteiger charge is -2.37. The molecular weight excluding hydrogens is 208 g/mol. The Morgan fingerprint density at radius 1 is 1.60 bits per heavy atom. The number of morpholine rings is 1. The van der Waals surface area contributed by atoms with E-state index in [9.17, 15) is 0 Å². The predicted octanol–water partition coefficient (Wildman–Crippen LogP) is 1.63. The lowest BCUT2D eigenvalue weighted by molar-refractivity contribution is 0.0248. The van der Waals surface area contributed by atoms with Crippen LogP contribution in [0.3, 0.4) is 0 Å². The van der Waals surface area contributed by atoms with E-state index < -0.39 is 0 Å². The van der Waals surface area contributed by atoms with Gasteiger partial charge in [-0.3, -0.25) is 0 Å². The molecule has 3 nitrogen and oxygen atoms in total. The smallest absolute Gasteiger partial charge is 0.169 e. The van der Waals surface area contributed by atoms with Crippen molar-refractivity contribution in [3.05, 3.63) is 0 Å². The topological polar surface area (TPSA) is 24.5 Å². The van der Waals surface area contributed by atoms with Gasteiger partial charge in [0, 0.05) is 13.1 Å². The van der Waals surface area contributed by atoms with Crippen LogP contribution < -0.4 is 5.32 Å². The summed E-state index contributed by atoms with van der Waals surface area (Å²) in [5.74, 6) is 0.629. The van der Waals surface area contributed by atoms with Gasteiger partial charge in [-0.05, 0) is 24.6 Å². The molecule has 0 aromatic carbocycles. The summed E-state index contributed by atoms with van der Waals surface area (Å²) in [5.41, 5.74) is 0. The molecule has 0 aromatic rings. The van der Waals surface area contributed by atoms with Gasteiger partial charge in [-0.25, -0.2) is 0 Å².